The average molecular weight is 274 g/mol. The van der Waals surface area contributed by atoms with Gasteiger partial charge < -0.3 is 5.32 Å². The van der Waals surface area contributed by atoms with E-state index in [1.54, 1.807) is 6.07 Å². The Morgan fingerprint density at radius 1 is 1.57 bits per heavy atom. The van der Waals surface area contributed by atoms with E-state index in [1.807, 2.05) is 19.1 Å². The van der Waals surface area contributed by atoms with Gasteiger partial charge in [-0.25, -0.2) is 0 Å². The first-order chi connectivity index (χ1) is 6.65. The third-order valence-corrected chi connectivity index (χ3v) is 2.60. The molecule has 2 nitrogen and oxygen atoms in total. The van der Waals surface area contributed by atoms with E-state index in [-0.39, 0.29) is 5.91 Å². The summed E-state index contributed by atoms with van der Waals surface area (Å²) in [5.74, 6) is -0.0654. The van der Waals surface area contributed by atoms with Crippen LogP contribution in [0.25, 0.3) is 0 Å². The maximum atomic E-state index is 11.6. The zero-order chi connectivity index (χ0) is 10.6. The maximum Gasteiger partial charge on any atom is 0.252 e. The van der Waals surface area contributed by atoms with Gasteiger partial charge in [0.2, 0.25) is 0 Å². The van der Waals surface area contributed by atoms with Crippen LogP contribution in [-0.2, 0) is 0 Å². The number of rotatable bonds is 3. The normalized spacial score (nSPS) is 9.93. The van der Waals surface area contributed by atoms with Crippen LogP contribution in [-0.4, -0.2) is 12.5 Å². The van der Waals surface area contributed by atoms with Crippen LogP contribution in [0.3, 0.4) is 0 Å². The zero-order valence-electron chi connectivity index (χ0n) is 7.88. The molecule has 0 saturated heterocycles. The van der Waals surface area contributed by atoms with Crippen LogP contribution in [0.1, 0.15) is 23.7 Å². The highest BCUT2D eigenvalue weighted by molar-refractivity contribution is 9.10. The van der Waals surface area contributed by atoms with Gasteiger partial charge in [0.25, 0.3) is 5.91 Å². The molecular formula is C10H12BrNOS. The molecule has 0 aliphatic heterocycles. The molecule has 14 heavy (non-hydrogen) atoms. The molecule has 0 saturated carbocycles. The molecule has 0 aliphatic carbocycles. The van der Waals surface area contributed by atoms with Crippen molar-refractivity contribution in [1.82, 2.24) is 5.32 Å². The van der Waals surface area contributed by atoms with Gasteiger partial charge >= 0.3 is 0 Å². The van der Waals surface area contributed by atoms with Crippen molar-refractivity contribution >= 4 is 34.5 Å². The van der Waals surface area contributed by atoms with Gasteiger partial charge in [0.05, 0.1) is 5.56 Å². The summed E-state index contributed by atoms with van der Waals surface area (Å²) in [7, 11) is 0. The number of carbonyl (C=O) groups excluding carboxylic acids is 1. The smallest absolute Gasteiger partial charge is 0.252 e. The lowest BCUT2D eigenvalue weighted by Gasteiger charge is -2.06. The summed E-state index contributed by atoms with van der Waals surface area (Å²) in [6.45, 7) is 2.71. The second-order valence-electron chi connectivity index (χ2n) is 2.92. The first-order valence-electron chi connectivity index (χ1n) is 4.42. The highest BCUT2D eigenvalue weighted by atomic mass is 79.9. The fraction of sp³-hybridized carbons (Fsp3) is 0.300. The third-order valence-electron chi connectivity index (χ3n) is 1.74. The van der Waals surface area contributed by atoms with Crippen molar-refractivity contribution in [1.29, 1.82) is 0 Å². The molecular weight excluding hydrogens is 262 g/mol. The highest BCUT2D eigenvalue weighted by Gasteiger charge is 2.08. The number of hydrogen-bond acceptors (Lipinski definition) is 2. The molecule has 0 fully saturated rings. The van der Waals surface area contributed by atoms with Crippen molar-refractivity contribution in [3.63, 3.8) is 0 Å². The number of amides is 1. The summed E-state index contributed by atoms with van der Waals surface area (Å²) in [5, 5.41) is 2.81. The number of halogens is 1. The molecule has 1 N–H and O–H groups in total. The van der Waals surface area contributed by atoms with Gasteiger partial charge in [0.1, 0.15) is 0 Å². The standard InChI is InChI=1S/C10H12BrNOS/c1-2-5-12-10(13)8-4-3-7(11)6-9(8)14/h3-4,6,14H,2,5H2,1H3,(H,12,13). The molecule has 76 valence electrons. The Morgan fingerprint density at radius 3 is 2.86 bits per heavy atom. The van der Waals surface area contributed by atoms with E-state index in [2.05, 4.69) is 33.9 Å². The van der Waals surface area contributed by atoms with E-state index < -0.39 is 0 Å². The molecule has 0 unspecified atom stereocenters. The van der Waals surface area contributed by atoms with Crippen molar-refractivity contribution < 1.29 is 4.79 Å². The molecule has 1 aromatic carbocycles. The number of carbonyl (C=O) groups is 1. The van der Waals surface area contributed by atoms with Crippen molar-refractivity contribution in [3.05, 3.63) is 28.2 Å². The lowest BCUT2D eigenvalue weighted by Crippen LogP contribution is -2.24. The second kappa shape index (κ2) is 5.41. The van der Waals surface area contributed by atoms with Crippen LogP contribution >= 0.6 is 28.6 Å². The largest absolute Gasteiger partial charge is 0.352 e. The molecule has 0 heterocycles. The Balaban J connectivity index is 2.80. The van der Waals surface area contributed by atoms with Gasteiger partial charge in [-0.1, -0.05) is 22.9 Å². The predicted molar refractivity (Wildman–Crippen MR) is 64.0 cm³/mol. The van der Waals surface area contributed by atoms with Crippen LogP contribution in [0.2, 0.25) is 0 Å². The summed E-state index contributed by atoms with van der Waals surface area (Å²) in [4.78, 5) is 12.2. The molecule has 0 aliphatic rings. The first kappa shape index (κ1) is 11.6. The van der Waals surface area contributed by atoms with E-state index in [0.29, 0.717) is 17.0 Å². The van der Waals surface area contributed by atoms with E-state index >= 15 is 0 Å². The van der Waals surface area contributed by atoms with Gasteiger partial charge in [0.15, 0.2) is 0 Å². The van der Waals surface area contributed by atoms with Gasteiger partial charge in [-0.3, -0.25) is 4.79 Å². The monoisotopic (exact) mass is 273 g/mol. The van der Waals surface area contributed by atoms with Crippen LogP contribution < -0.4 is 5.32 Å². The fourth-order valence-electron chi connectivity index (χ4n) is 1.03. The molecule has 0 bridgehead atoms. The molecule has 4 heteroatoms. The Labute approximate surface area is 97.6 Å². The summed E-state index contributed by atoms with van der Waals surface area (Å²) < 4.78 is 0.926. The lowest BCUT2D eigenvalue weighted by atomic mass is 10.2. The quantitative estimate of drug-likeness (QED) is 0.815. The van der Waals surface area contributed by atoms with Crippen molar-refractivity contribution in [2.45, 2.75) is 18.2 Å². The van der Waals surface area contributed by atoms with Gasteiger partial charge in [-0.05, 0) is 24.6 Å². The fourth-order valence-corrected chi connectivity index (χ4v) is 1.88. The summed E-state index contributed by atoms with van der Waals surface area (Å²) >= 11 is 7.56. The number of nitrogens with one attached hydrogen (secondary N) is 1. The van der Waals surface area contributed by atoms with E-state index in [0.717, 1.165) is 10.9 Å². The van der Waals surface area contributed by atoms with Crippen molar-refractivity contribution in [2.75, 3.05) is 6.54 Å². The van der Waals surface area contributed by atoms with Gasteiger partial charge in [-0.15, -0.1) is 12.6 Å². The maximum absolute atomic E-state index is 11.6. The molecule has 0 spiro atoms. The van der Waals surface area contributed by atoms with Crippen LogP contribution in [0.4, 0.5) is 0 Å². The predicted octanol–water partition coefficient (Wildman–Crippen LogP) is 2.88. The summed E-state index contributed by atoms with van der Waals surface area (Å²) in [5.41, 5.74) is 0.616. The minimum atomic E-state index is -0.0654. The Morgan fingerprint density at radius 2 is 2.29 bits per heavy atom. The molecule has 1 amide bonds. The minimum Gasteiger partial charge on any atom is -0.352 e. The summed E-state index contributed by atoms with van der Waals surface area (Å²) in [6, 6.07) is 5.40. The second-order valence-corrected chi connectivity index (χ2v) is 4.31. The molecule has 0 aromatic heterocycles. The highest BCUT2D eigenvalue weighted by Crippen LogP contribution is 2.19. The van der Waals surface area contributed by atoms with E-state index in [1.165, 1.54) is 0 Å². The zero-order valence-corrected chi connectivity index (χ0v) is 10.4. The van der Waals surface area contributed by atoms with Gasteiger partial charge in [0, 0.05) is 15.9 Å². The Hall–Kier alpha value is -0.480. The number of hydrogen-bond donors (Lipinski definition) is 2. The lowest BCUT2D eigenvalue weighted by molar-refractivity contribution is 0.0951. The summed E-state index contributed by atoms with van der Waals surface area (Å²) in [6.07, 6.45) is 0.935. The van der Waals surface area contributed by atoms with Crippen molar-refractivity contribution in [2.24, 2.45) is 0 Å². The Kier molecular flexibility index (Phi) is 4.48. The van der Waals surface area contributed by atoms with Crippen LogP contribution in [0, 0.1) is 0 Å². The van der Waals surface area contributed by atoms with Gasteiger partial charge in [-0.2, -0.15) is 0 Å². The molecule has 1 aromatic rings. The van der Waals surface area contributed by atoms with Crippen LogP contribution in [0.5, 0.6) is 0 Å². The molecule has 0 atom stereocenters. The van der Waals surface area contributed by atoms with E-state index in [4.69, 9.17) is 0 Å². The van der Waals surface area contributed by atoms with Crippen molar-refractivity contribution in [3.8, 4) is 0 Å². The SMILES string of the molecule is CCCNC(=O)c1ccc(Br)cc1S. The number of thiol groups is 1. The molecule has 1 rings (SSSR count). The van der Waals surface area contributed by atoms with E-state index in [9.17, 15) is 4.79 Å². The average Bonchev–Trinajstić information content (AvgIpc) is 2.14. The molecule has 0 radical (unpaired) electrons. The Bertz CT molecular complexity index is 341. The minimum absolute atomic E-state index is 0.0654. The van der Waals surface area contributed by atoms with Crippen LogP contribution in [0.15, 0.2) is 27.6 Å². The first-order valence-corrected chi connectivity index (χ1v) is 5.66. The number of benzene rings is 1. The third kappa shape index (κ3) is 3.03. The topological polar surface area (TPSA) is 29.1 Å².